The van der Waals surface area contributed by atoms with Crippen molar-refractivity contribution in [3.8, 4) is 6.07 Å². The number of nitrogen functional groups attached to an aromatic ring is 1. The lowest BCUT2D eigenvalue weighted by Crippen LogP contribution is -2.39. The third-order valence-corrected chi connectivity index (χ3v) is 3.51. The lowest BCUT2D eigenvalue weighted by molar-refractivity contribution is -0.127. The van der Waals surface area contributed by atoms with E-state index in [0.29, 0.717) is 24.2 Å². The summed E-state index contributed by atoms with van der Waals surface area (Å²) in [5, 5.41) is 9.04. The molecule has 3 rings (SSSR count). The minimum Gasteiger partial charge on any atom is -0.399 e. The minimum absolute atomic E-state index is 0.174. The molecule has 18 heavy (non-hydrogen) atoms. The van der Waals surface area contributed by atoms with Crippen molar-refractivity contribution in [1.82, 2.24) is 0 Å². The average molecular weight is 241 g/mol. The van der Waals surface area contributed by atoms with E-state index < -0.39 is 11.3 Å². The highest BCUT2D eigenvalue weighted by Gasteiger charge is 2.55. The molecular weight excluding hydrogens is 230 g/mol. The van der Waals surface area contributed by atoms with Crippen LogP contribution in [0, 0.1) is 16.7 Å². The third kappa shape index (κ3) is 1.32. The van der Waals surface area contributed by atoms with E-state index in [1.165, 1.54) is 0 Å². The van der Waals surface area contributed by atoms with Gasteiger partial charge in [-0.25, -0.2) is 4.90 Å². The quantitative estimate of drug-likeness (QED) is 0.586. The van der Waals surface area contributed by atoms with Crippen molar-refractivity contribution in [1.29, 1.82) is 5.26 Å². The van der Waals surface area contributed by atoms with Crippen LogP contribution in [0.3, 0.4) is 0 Å². The topological polar surface area (TPSA) is 87.2 Å². The Hall–Kier alpha value is -2.35. The lowest BCUT2D eigenvalue weighted by atomic mass is 10.1. The SMILES string of the molecule is N#CC1(C(=O)N2C(=O)Cc3cc(N)ccc32)CC1. The van der Waals surface area contributed by atoms with Gasteiger partial charge in [-0.05, 0) is 36.6 Å². The van der Waals surface area contributed by atoms with Crippen molar-refractivity contribution in [2.45, 2.75) is 19.3 Å². The van der Waals surface area contributed by atoms with Crippen LogP contribution in [-0.4, -0.2) is 11.8 Å². The molecule has 0 atom stereocenters. The summed E-state index contributed by atoms with van der Waals surface area (Å²) in [6, 6.07) is 7.05. The summed E-state index contributed by atoms with van der Waals surface area (Å²) < 4.78 is 0. The Bertz CT molecular complexity index is 611. The molecule has 0 bridgehead atoms. The first kappa shape index (κ1) is 10.8. The molecule has 0 radical (unpaired) electrons. The van der Waals surface area contributed by atoms with E-state index in [1.807, 2.05) is 6.07 Å². The first-order chi connectivity index (χ1) is 8.57. The molecule has 1 aromatic rings. The zero-order valence-electron chi connectivity index (χ0n) is 9.64. The van der Waals surface area contributed by atoms with E-state index >= 15 is 0 Å². The van der Waals surface area contributed by atoms with Gasteiger partial charge in [0.15, 0.2) is 0 Å². The Labute approximate surface area is 104 Å². The molecule has 2 N–H and O–H groups in total. The first-order valence-electron chi connectivity index (χ1n) is 5.74. The molecule has 0 unspecified atom stereocenters. The molecule has 1 aromatic carbocycles. The molecule has 0 spiro atoms. The van der Waals surface area contributed by atoms with Crippen molar-refractivity contribution >= 4 is 23.2 Å². The second kappa shape index (κ2) is 3.33. The Morgan fingerprint density at radius 3 is 2.78 bits per heavy atom. The molecule has 1 heterocycles. The number of amides is 2. The first-order valence-corrected chi connectivity index (χ1v) is 5.74. The number of fused-ring (bicyclic) bond motifs is 1. The van der Waals surface area contributed by atoms with E-state index in [2.05, 4.69) is 0 Å². The fraction of sp³-hybridized carbons (Fsp3) is 0.308. The molecule has 1 fully saturated rings. The van der Waals surface area contributed by atoms with Crippen molar-refractivity contribution in [3.63, 3.8) is 0 Å². The summed E-state index contributed by atoms with van der Waals surface area (Å²) in [5.41, 5.74) is 6.57. The van der Waals surface area contributed by atoms with Crippen molar-refractivity contribution in [3.05, 3.63) is 23.8 Å². The minimum atomic E-state index is -0.974. The van der Waals surface area contributed by atoms with E-state index in [4.69, 9.17) is 11.0 Å². The van der Waals surface area contributed by atoms with Crippen molar-refractivity contribution < 1.29 is 9.59 Å². The van der Waals surface area contributed by atoms with Crippen molar-refractivity contribution in [2.24, 2.45) is 5.41 Å². The maximum Gasteiger partial charge on any atom is 0.254 e. The molecule has 1 saturated carbocycles. The van der Waals surface area contributed by atoms with Crippen LogP contribution in [0.25, 0.3) is 0 Å². The van der Waals surface area contributed by atoms with E-state index in [-0.39, 0.29) is 12.3 Å². The van der Waals surface area contributed by atoms with Crippen LogP contribution in [0.4, 0.5) is 11.4 Å². The molecular formula is C13H11N3O2. The maximum absolute atomic E-state index is 12.3. The number of anilines is 2. The van der Waals surface area contributed by atoms with Gasteiger partial charge in [0.05, 0.1) is 18.2 Å². The van der Waals surface area contributed by atoms with Crippen molar-refractivity contribution in [2.75, 3.05) is 10.6 Å². The van der Waals surface area contributed by atoms with Gasteiger partial charge in [0.2, 0.25) is 5.91 Å². The molecule has 1 aliphatic carbocycles. The Morgan fingerprint density at radius 1 is 1.44 bits per heavy atom. The predicted molar refractivity (Wildman–Crippen MR) is 64.3 cm³/mol. The number of imide groups is 1. The summed E-state index contributed by atoms with van der Waals surface area (Å²) in [5.74, 6) is -0.666. The smallest absolute Gasteiger partial charge is 0.254 e. The molecule has 0 saturated heterocycles. The molecule has 2 aliphatic rings. The number of hydrogen-bond donors (Lipinski definition) is 1. The highest BCUT2D eigenvalue weighted by molar-refractivity contribution is 6.22. The van der Waals surface area contributed by atoms with E-state index in [9.17, 15) is 9.59 Å². The standard InChI is InChI=1S/C13H11N3O2/c14-7-13(3-4-13)12(18)16-10-2-1-9(15)5-8(10)6-11(16)17/h1-2,5H,3-4,6,15H2. The number of nitrogens with two attached hydrogens (primary N) is 1. The van der Waals surface area contributed by atoms with E-state index in [0.717, 1.165) is 10.5 Å². The second-order valence-corrected chi connectivity index (χ2v) is 4.79. The number of rotatable bonds is 1. The molecule has 0 aromatic heterocycles. The van der Waals surface area contributed by atoms with Gasteiger partial charge in [-0.2, -0.15) is 5.26 Å². The van der Waals surface area contributed by atoms with Crippen LogP contribution < -0.4 is 10.6 Å². The number of nitrogens with zero attached hydrogens (tertiary/aromatic N) is 2. The highest BCUT2D eigenvalue weighted by Crippen LogP contribution is 2.48. The highest BCUT2D eigenvalue weighted by atomic mass is 16.2. The van der Waals surface area contributed by atoms with Gasteiger partial charge >= 0.3 is 0 Å². The van der Waals surface area contributed by atoms with Crippen LogP contribution in [0.2, 0.25) is 0 Å². The van der Waals surface area contributed by atoms with Crippen LogP contribution in [-0.2, 0) is 16.0 Å². The van der Waals surface area contributed by atoms with Gasteiger partial charge < -0.3 is 5.73 Å². The third-order valence-electron chi connectivity index (χ3n) is 3.51. The zero-order chi connectivity index (χ0) is 12.9. The molecule has 5 heteroatoms. The largest absolute Gasteiger partial charge is 0.399 e. The molecule has 2 amide bonds. The maximum atomic E-state index is 12.3. The van der Waals surface area contributed by atoms with Gasteiger partial charge in [0.25, 0.3) is 5.91 Å². The summed E-state index contributed by atoms with van der Waals surface area (Å²) in [7, 11) is 0. The van der Waals surface area contributed by atoms with Gasteiger partial charge in [-0.3, -0.25) is 9.59 Å². The second-order valence-electron chi connectivity index (χ2n) is 4.79. The number of nitriles is 1. The van der Waals surface area contributed by atoms with Gasteiger partial charge in [0.1, 0.15) is 5.41 Å². The van der Waals surface area contributed by atoms with Crippen LogP contribution in [0.1, 0.15) is 18.4 Å². The normalized spacial score (nSPS) is 19.3. The van der Waals surface area contributed by atoms with Gasteiger partial charge in [0, 0.05) is 5.69 Å². The summed E-state index contributed by atoms with van der Waals surface area (Å²) in [4.78, 5) is 25.3. The molecule has 90 valence electrons. The molecule has 1 aliphatic heterocycles. The van der Waals surface area contributed by atoms with Gasteiger partial charge in [-0.1, -0.05) is 0 Å². The predicted octanol–water partition coefficient (Wildman–Crippen LogP) is 0.988. The fourth-order valence-electron chi connectivity index (χ4n) is 2.28. The summed E-state index contributed by atoms with van der Waals surface area (Å²) in [6.45, 7) is 0. The van der Waals surface area contributed by atoms with E-state index in [1.54, 1.807) is 18.2 Å². The van der Waals surface area contributed by atoms with Crippen LogP contribution in [0.5, 0.6) is 0 Å². The number of benzene rings is 1. The zero-order valence-corrected chi connectivity index (χ0v) is 9.64. The van der Waals surface area contributed by atoms with Crippen LogP contribution in [0.15, 0.2) is 18.2 Å². The summed E-state index contributed by atoms with van der Waals surface area (Å²) in [6.07, 6.45) is 1.25. The Morgan fingerprint density at radius 2 is 2.17 bits per heavy atom. The lowest BCUT2D eigenvalue weighted by Gasteiger charge is -2.18. The number of hydrogen-bond acceptors (Lipinski definition) is 4. The Balaban J connectivity index is 2.03. The number of carbonyl (C=O) groups is 2. The number of carbonyl (C=O) groups excluding carboxylic acids is 2. The van der Waals surface area contributed by atoms with Crippen LogP contribution >= 0.6 is 0 Å². The molecule has 5 nitrogen and oxygen atoms in total. The average Bonchev–Trinajstić information content (AvgIpc) is 3.07. The summed E-state index contributed by atoms with van der Waals surface area (Å²) >= 11 is 0. The van der Waals surface area contributed by atoms with Gasteiger partial charge in [-0.15, -0.1) is 0 Å². The monoisotopic (exact) mass is 241 g/mol. The fourth-order valence-corrected chi connectivity index (χ4v) is 2.28. The Kier molecular flexibility index (Phi) is 1.99.